The smallest absolute Gasteiger partial charge is 0.424 e. The minimum Gasteiger partial charge on any atom is -0.443 e. The van der Waals surface area contributed by atoms with Crippen molar-refractivity contribution in [3.05, 3.63) is 56.6 Å². The number of ether oxygens (including phenoxy) is 4. The number of nitrogen functional groups attached to an aromatic ring is 1. The Morgan fingerprint density at radius 1 is 0.739 bits per heavy atom. The maximum atomic E-state index is 12.8. The van der Waals surface area contributed by atoms with E-state index in [9.17, 15) is 29.8 Å². The van der Waals surface area contributed by atoms with Crippen molar-refractivity contribution in [2.45, 2.75) is 52.7 Å². The fourth-order valence-corrected chi connectivity index (χ4v) is 4.46. The summed E-state index contributed by atoms with van der Waals surface area (Å²) in [4.78, 5) is 51.6. The molecule has 2 amide bonds. The second-order valence-electron chi connectivity index (χ2n) is 12.4. The molecule has 2 aliphatic rings. The zero-order valence-electron chi connectivity index (χ0n) is 27.0. The molecule has 2 aliphatic heterocycles. The Labute approximate surface area is 267 Å². The van der Waals surface area contributed by atoms with Crippen molar-refractivity contribution in [3.63, 3.8) is 0 Å². The Kier molecular flexibility index (Phi) is 11.7. The fourth-order valence-electron chi connectivity index (χ4n) is 4.46. The number of carbonyl (C=O) groups is 2. The van der Waals surface area contributed by atoms with Crippen molar-refractivity contribution in [2.24, 2.45) is 0 Å². The predicted octanol–water partition coefficient (Wildman–Crippen LogP) is 5.12. The average molecular weight is 647 g/mol. The van der Waals surface area contributed by atoms with Gasteiger partial charge in [0, 0.05) is 49.7 Å². The van der Waals surface area contributed by atoms with E-state index in [0.29, 0.717) is 50.1 Å². The third kappa shape index (κ3) is 10.2. The van der Waals surface area contributed by atoms with Gasteiger partial charge < -0.3 is 34.5 Å². The van der Waals surface area contributed by atoms with Crippen LogP contribution in [0.25, 0.3) is 0 Å². The lowest BCUT2D eigenvalue weighted by atomic mass is 10.2. The van der Waals surface area contributed by atoms with E-state index in [0.717, 1.165) is 18.8 Å². The van der Waals surface area contributed by atoms with Gasteiger partial charge in [-0.15, -0.1) is 0 Å². The van der Waals surface area contributed by atoms with Crippen molar-refractivity contribution < 1.29 is 38.4 Å². The maximum absolute atomic E-state index is 12.8. The molecule has 0 atom stereocenters. The Balaban J connectivity index is 0.000000300. The van der Waals surface area contributed by atoms with Crippen molar-refractivity contribution in [2.75, 3.05) is 73.0 Å². The van der Waals surface area contributed by atoms with Gasteiger partial charge in [0.25, 0.3) is 11.4 Å². The van der Waals surface area contributed by atoms with E-state index in [1.54, 1.807) is 59.7 Å². The molecule has 16 nitrogen and oxygen atoms in total. The second-order valence-corrected chi connectivity index (χ2v) is 12.4. The van der Waals surface area contributed by atoms with E-state index in [-0.39, 0.29) is 17.1 Å². The van der Waals surface area contributed by atoms with Gasteiger partial charge in [-0.1, -0.05) is 0 Å². The minimum absolute atomic E-state index is 0.0380. The standard InChI is InChI=1S/C20H29N3O7.C10H13N3O3/c1-19(2,3)29-17(24)22(18(25)30-20(4,5)6)15-8-7-14(13-16(15)23(26)27)21-9-11-28-12-10-21;11-9-2-1-8(7-10(9)13(14)15)12-3-5-16-6-4-12/h7-8,13H,9-12H2,1-6H3;1-2,7H,3-6,11H2. The van der Waals surface area contributed by atoms with Gasteiger partial charge in [-0.05, 0) is 65.8 Å². The summed E-state index contributed by atoms with van der Waals surface area (Å²) in [5, 5.41) is 22.5. The molecular weight excluding hydrogens is 604 g/mol. The number of hydrogen-bond donors (Lipinski definition) is 1. The highest BCUT2D eigenvalue weighted by molar-refractivity contribution is 6.11. The second kappa shape index (κ2) is 15.1. The van der Waals surface area contributed by atoms with Gasteiger partial charge in [-0.3, -0.25) is 20.2 Å². The first-order valence-corrected chi connectivity index (χ1v) is 14.7. The van der Waals surface area contributed by atoms with Crippen molar-refractivity contribution in [1.82, 2.24) is 0 Å². The van der Waals surface area contributed by atoms with Gasteiger partial charge in [0.2, 0.25) is 0 Å². The van der Waals surface area contributed by atoms with Crippen LogP contribution in [0.4, 0.5) is 43.7 Å². The summed E-state index contributed by atoms with van der Waals surface area (Å²) in [6, 6.07) is 9.20. The highest BCUT2D eigenvalue weighted by Crippen LogP contribution is 2.35. The molecule has 2 saturated heterocycles. The Morgan fingerprint density at radius 2 is 1.13 bits per heavy atom. The zero-order chi connectivity index (χ0) is 34.2. The van der Waals surface area contributed by atoms with Crippen LogP contribution in [0.2, 0.25) is 0 Å². The first-order valence-electron chi connectivity index (χ1n) is 14.7. The molecule has 2 N–H and O–H groups in total. The summed E-state index contributed by atoms with van der Waals surface area (Å²) in [5.41, 5.74) is 4.65. The highest BCUT2D eigenvalue weighted by Gasteiger charge is 2.37. The molecule has 0 aliphatic carbocycles. The zero-order valence-corrected chi connectivity index (χ0v) is 27.0. The molecule has 2 heterocycles. The lowest BCUT2D eigenvalue weighted by molar-refractivity contribution is -0.384. The summed E-state index contributed by atoms with van der Waals surface area (Å²) in [6.45, 7) is 14.8. The number of amides is 2. The summed E-state index contributed by atoms with van der Waals surface area (Å²) in [7, 11) is 0. The topological polar surface area (TPSA) is 193 Å². The minimum atomic E-state index is -1.06. The molecule has 0 aromatic heterocycles. The number of nitrogens with two attached hydrogens (primary N) is 1. The van der Waals surface area contributed by atoms with Crippen LogP contribution in [-0.4, -0.2) is 85.8 Å². The van der Waals surface area contributed by atoms with E-state index in [1.807, 2.05) is 4.90 Å². The molecule has 0 unspecified atom stereocenters. The molecule has 2 aromatic carbocycles. The van der Waals surface area contributed by atoms with E-state index < -0.39 is 38.9 Å². The van der Waals surface area contributed by atoms with E-state index >= 15 is 0 Å². The molecule has 2 fully saturated rings. The Hall–Kier alpha value is -4.70. The van der Waals surface area contributed by atoms with Crippen molar-refractivity contribution in [1.29, 1.82) is 0 Å². The van der Waals surface area contributed by atoms with E-state index in [2.05, 4.69) is 4.90 Å². The number of rotatable bonds is 5. The monoisotopic (exact) mass is 646 g/mol. The number of nitro benzene ring substituents is 2. The van der Waals surface area contributed by atoms with Gasteiger partial charge >= 0.3 is 12.2 Å². The highest BCUT2D eigenvalue weighted by atomic mass is 16.6. The van der Waals surface area contributed by atoms with Crippen molar-refractivity contribution >= 4 is 46.3 Å². The van der Waals surface area contributed by atoms with E-state index in [1.165, 1.54) is 18.2 Å². The van der Waals surface area contributed by atoms with Crippen LogP contribution in [0.15, 0.2) is 36.4 Å². The van der Waals surface area contributed by atoms with Gasteiger partial charge in [0.1, 0.15) is 22.6 Å². The molecule has 0 bridgehead atoms. The van der Waals surface area contributed by atoms with Crippen LogP contribution in [0.1, 0.15) is 41.5 Å². The maximum Gasteiger partial charge on any atom is 0.424 e. The van der Waals surface area contributed by atoms with Crippen LogP contribution in [0, 0.1) is 20.2 Å². The lowest BCUT2D eigenvalue weighted by Gasteiger charge is -2.30. The van der Waals surface area contributed by atoms with Gasteiger partial charge in [-0.2, -0.15) is 4.90 Å². The van der Waals surface area contributed by atoms with Gasteiger partial charge in [0.15, 0.2) is 0 Å². The number of anilines is 4. The lowest BCUT2D eigenvalue weighted by Crippen LogP contribution is -2.44. The first-order chi connectivity index (χ1) is 21.5. The number of morpholine rings is 2. The largest absolute Gasteiger partial charge is 0.443 e. The van der Waals surface area contributed by atoms with Crippen LogP contribution < -0.4 is 20.4 Å². The number of imide groups is 1. The number of hydrogen-bond acceptors (Lipinski definition) is 13. The van der Waals surface area contributed by atoms with Gasteiger partial charge in [-0.25, -0.2) is 9.59 Å². The predicted molar refractivity (Wildman–Crippen MR) is 172 cm³/mol. The number of nitro groups is 2. The molecule has 16 heteroatoms. The van der Waals surface area contributed by atoms with Crippen LogP contribution in [0.5, 0.6) is 0 Å². The fraction of sp³-hybridized carbons (Fsp3) is 0.533. The summed E-state index contributed by atoms with van der Waals surface area (Å²) >= 11 is 0. The molecule has 252 valence electrons. The quantitative estimate of drug-likeness (QED) is 0.256. The average Bonchev–Trinajstić information content (AvgIpc) is 2.97. The molecule has 0 spiro atoms. The normalized spacial score (nSPS) is 15.3. The van der Waals surface area contributed by atoms with Crippen molar-refractivity contribution in [3.8, 4) is 0 Å². The molecule has 2 aromatic rings. The first kappa shape index (κ1) is 35.8. The Bertz CT molecular complexity index is 1380. The molecular formula is C30H42N6O10. The summed E-state index contributed by atoms with van der Waals surface area (Å²) in [5.74, 6) is 0. The SMILES string of the molecule is CC(C)(C)OC(=O)N(C(=O)OC(C)(C)C)c1ccc(N2CCOCC2)cc1[N+](=O)[O-].Nc1ccc(N2CCOCC2)cc1[N+](=O)[O-]. The van der Waals surface area contributed by atoms with E-state index in [4.69, 9.17) is 24.7 Å². The van der Waals surface area contributed by atoms with Crippen LogP contribution in [0.3, 0.4) is 0 Å². The molecule has 4 rings (SSSR count). The van der Waals surface area contributed by atoms with Crippen LogP contribution >= 0.6 is 0 Å². The number of nitrogens with zero attached hydrogens (tertiary/aromatic N) is 5. The molecule has 46 heavy (non-hydrogen) atoms. The Morgan fingerprint density at radius 3 is 1.52 bits per heavy atom. The number of carbonyl (C=O) groups excluding carboxylic acids is 2. The van der Waals surface area contributed by atoms with Crippen LogP contribution in [-0.2, 0) is 18.9 Å². The third-order valence-corrected chi connectivity index (χ3v) is 6.51. The molecule has 0 radical (unpaired) electrons. The molecule has 0 saturated carbocycles. The number of benzene rings is 2. The third-order valence-electron chi connectivity index (χ3n) is 6.51. The van der Waals surface area contributed by atoms with Gasteiger partial charge in [0.05, 0.1) is 36.3 Å². The summed E-state index contributed by atoms with van der Waals surface area (Å²) < 4.78 is 21.1. The summed E-state index contributed by atoms with van der Waals surface area (Å²) in [6.07, 6.45) is -2.11.